The molecule has 0 aromatic heterocycles. The summed E-state index contributed by atoms with van der Waals surface area (Å²) in [6, 6.07) is 5.70. The molecule has 0 saturated heterocycles. The fourth-order valence-electron chi connectivity index (χ4n) is 2.64. The van der Waals surface area contributed by atoms with E-state index in [0.29, 0.717) is 13.1 Å². The minimum atomic E-state index is -0.216. The molecule has 1 aromatic carbocycles. The van der Waals surface area contributed by atoms with E-state index in [4.69, 9.17) is 0 Å². The zero-order valence-corrected chi connectivity index (χ0v) is 13.4. The molecule has 1 aliphatic heterocycles. The maximum absolute atomic E-state index is 12.4. The molecule has 0 radical (unpaired) electrons. The van der Waals surface area contributed by atoms with Gasteiger partial charge in [0.15, 0.2) is 5.78 Å². The van der Waals surface area contributed by atoms with Crippen LogP contribution in [0, 0.1) is 0 Å². The number of hydrogen-bond donors (Lipinski definition) is 3. The maximum atomic E-state index is 12.4. The average Bonchev–Trinajstić information content (AvgIpc) is 2.52. The molecule has 0 saturated carbocycles. The summed E-state index contributed by atoms with van der Waals surface area (Å²) in [5.41, 5.74) is 3.15. The normalized spacial score (nSPS) is 14.6. The first-order chi connectivity index (χ1) is 10.6. The van der Waals surface area contributed by atoms with Crippen LogP contribution in [0.5, 0.6) is 0 Å². The second-order valence-electron chi connectivity index (χ2n) is 5.78. The van der Waals surface area contributed by atoms with Crippen molar-refractivity contribution in [1.29, 1.82) is 0 Å². The molecule has 1 amide bonds. The standard InChI is InChI=1S/C17H25N3O2/c1-12(18-9-4-10-19-13(2)21)17(22)15-6-7-16-14(11-15)5-3-8-20-16/h6-7,11-12,18,20H,3-5,8-10H2,1-2H3,(H,19,21). The summed E-state index contributed by atoms with van der Waals surface area (Å²) in [4.78, 5) is 23.2. The Balaban J connectivity index is 1.84. The zero-order valence-electron chi connectivity index (χ0n) is 13.4. The number of benzene rings is 1. The van der Waals surface area contributed by atoms with Crippen LogP contribution in [0.2, 0.25) is 0 Å². The number of Topliss-reactive ketones (excluding diaryl/α,β-unsaturated/α-hetero) is 1. The van der Waals surface area contributed by atoms with Gasteiger partial charge in [0.1, 0.15) is 0 Å². The fourth-order valence-corrected chi connectivity index (χ4v) is 2.64. The molecule has 0 fully saturated rings. The van der Waals surface area contributed by atoms with Crippen molar-refractivity contribution >= 4 is 17.4 Å². The van der Waals surface area contributed by atoms with Crippen LogP contribution in [-0.2, 0) is 11.2 Å². The Bertz CT molecular complexity index is 543. The van der Waals surface area contributed by atoms with Gasteiger partial charge in [-0.05, 0) is 56.5 Å². The first-order valence-electron chi connectivity index (χ1n) is 7.97. The van der Waals surface area contributed by atoms with E-state index in [9.17, 15) is 9.59 Å². The summed E-state index contributed by atoms with van der Waals surface area (Å²) in [6.07, 6.45) is 2.95. The Morgan fingerprint density at radius 3 is 2.91 bits per heavy atom. The van der Waals surface area contributed by atoms with Gasteiger partial charge in [0.25, 0.3) is 0 Å². The highest BCUT2D eigenvalue weighted by molar-refractivity contribution is 6.00. The molecule has 2 rings (SSSR count). The third kappa shape index (κ3) is 4.56. The van der Waals surface area contributed by atoms with E-state index in [1.807, 2.05) is 25.1 Å². The molecular formula is C17H25N3O2. The third-order valence-corrected chi connectivity index (χ3v) is 3.90. The molecule has 1 aromatic rings. The van der Waals surface area contributed by atoms with E-state index in [1.165, 1.54) is 12.5 Å². The van der Waals surface area contributed by atoms with Crippen molar-refractivity contribution in [2.75, 3.05) is 25.0 Å². The molecule has 3 N–H and O–H groups in total. The minimum absolute atomic E-state index is 0.0215. The molecule has 5 heteroatoms. The summed E-state index contributed by atoms with van der Waals surface area (Å²) in [7, 11) is 0. The quantitative estimate of drug-likeness (QED) is 0.530. The second kappa shape index (κ2) is 7.94. The first kappa shape index (κ1) is 16.5. The van der Waals surface area contributed by atoms with Gasteiger partial charge >= 0.3 is 0 Å². The van der Waals surface area contributed by atoms with Crippen LogP contribution in [-0.4, -0.2) is 37.4 Å². The molecule has 5 nitrogen and oxygen atoms in total. The highest BCUT2D eigenvalue weighted by atomic mass is 16.1. The second-order valence-corrected chi connectivity index (χ2v) is 5.78. The molecule has 1 heterocycles. The minimum Gasteiger partial charge on any atom is -0.385 e. The molecule has 0 bridgehead atoms. The van der Waals surface area contributed by atoms with Gasteiger partial charge in [0.05, 0.1) is 6.04 Å². The lowest BCUT2D eigenvalue weighted by molar-refractivity contribution is -0.118. The van der Waals surface area contributed by atoms with Crippen molar-refractivity contribution in [3.63, 3.8) is 0 Å². The first-order valence-corrected chi connectivity index (χ1v) is 7.97. The Morgan fingerprint density at radius 2 is 2.14 bits per heavy atom. The van der Waals surface area contributed by atoms with Crippen LogP contribution in [0.3, 0.4) is 0 Å². The van der Waals surface area contributed by atoms with E-state index in [0.717, 1.165) is 37.1 Å². The third-order valence-electron chi connectivity index (χ3n) is 3.90. The smallest absolute Gasteiger partial charge is 0.216 e. The Labute approximate surface area is 131 Å². The number of ketones is 1. The number of carbonyl (C=O) groups excluding carboxylic acids is 2. The molecule has 1 atom stereocenters. The maximum Gasteiger partial charge on any atom is 0.216 e. The summed E-state index contributed by atoms with van der Waals surface area (Å²) in [5, 5.41) is 9.32. The van der Waals surface area contributed by atoms with E-state index >= 15 is 0 Å². The molecule has 1 aliphatic rings. The lowest BCUT2D eigenvalue weighted by Crippen LogP contribution is -2.36. The summed E-state index contributed by atoms with van der Waals surface area (Å²) in [5.74, 6) is 0.0969. The predicted octanol–water partition coefficient (Wildman–Crippen LogP) is 1.73. The van der Waals surface area contributed by atoms with Gasteiger partial charge in [-0.25, -0.2) is 0 Å². The van der Waals surface area contributed by atoms with Crippen LogP contribution >= 0.6 is 0 Å². The number of hydrogen-bond acceptors (Lipinski definition) is 4. The van der Waals surface area contributed by atoms with E-state index in [-0.39, 0.29) is 17.7 Å². The Hall–Kier alpha value is -1.88. The van der Waals surface area contributed by atoms with Crippen LogP contribution in [0.1, 0.15) is 42.6 Å². The van der Waals surface area contributed by atoms with Crippen molar-refractivity contribution in [1.82, 2.24) is 10.6 Å². The lowest BCUT2D eigenvalue weighted by Gasteiger charge is -2.19. The number of fused-ring (bicyclic) bond motifs is 1. The highest BCUT2D eigenvalue weighted by Crippen LogP contribution is 2.23. The van der Waals surface area contributed by atoms with Gasteiger partial charge in [0.2, 0.25) is 5.91 Å². The van der Waals surface area contributed by atoms with Gasteiger partial charge in [0, 0.05) is 31.3 Å². The van der Waals surface area contributed by atoms with Crippen LogP contribution in [0.4, 0.5) is 5.69 Å². The average molecular weight is 303 g/mol. The Morgan fingerprint density at radius 1 is 1.32 bits per heavy atom. The van der Waals surface area contributed by atoms with E-state index < -0.39 is 0 Å². The molecule has 0 aliphatic carbocycles. The van der Waals surface area contributed by atoms with Crippen molar-refractivity contribution in [2.45, 2.75) is 39.2 Å². The van der Waals surface area contributed by atoms with Gasteiger partial charge in [-0.2, -0.15) is 0 Å². The predicted molar refractivity (Wildman–Crippen MR) is 88.3 cm³/mol. The molecule has 0 spiro atoms. The van der Waals surface area contributed by atoms with Crippen molar-refractivity contribution in [3.05, 3.63) is 29.3 Å². The van der Waals surface area contributed by atoms with Gasteiger partial charge < -0.3 is 16.0 Å². The lowest BCUT2D eigenvalue weighted by atomic mass is 9.97. The van der Waals surface area contributed by atoms with Crippen molar-refractivity contribution < 1.29 is 9.59 Å². The monoisotopic (exact) mass is 303 g/mol. The van der Waals surface area contributed by atoms with E-state index in [1.54, 1.807) is 0 Å². The molecular weight excluding hydrogens is 278 g/mol. The van der Waals surface area contributed by atoms with Crippen molar-refractivity contribution in [2.24, 2.45) is 0 Å². The van der Waals surface area contributed by atoms with Gasteiger partial charge in [-0.3, -0.25) is 9.59 Å². The van der Waals surface area contributed by atoms with Crippen LogP contribution in [0.15, 0.2) is 18.2 Å². The summed E-state index contributed by atoms with van der Waals surface area (Å²) >= 11 is 0. The SMILES string of the molecule is CC(=O)NCCCNC(C)C(=O)c1ccc2c(c1)CCCN2. The zero-order chi connectivity index (χ0) is 15.9. The largest absolute Gasteiger partial charge is 0.385 e. The van der Waals surface area contributed by atoms with Crippen LogP contribution < -0.4 is 16.0 Å². The topological polar surface area (TPSA) is 70.2 Å². The molecule has 120 valence electrons. The fraction of sp³-hybridized carbons (Fsp3) is 0.529. The Kier molecular flexibility index (Phi) is 5.95. The number of carbonyl (C=O) groups is 2. The van der Waals surface area contributed by atoms with Gasteiger partial charge in [-0.15, -0.1) is 0 Å². The van der Waals surface area contributed by atoms with Gasteiger partial charge in [-0.1, -0.05) is 0 Å². The number of aryl methyl sites for hydroxylation is 1. The molecule has 22 heavy (non-hydrogen) atoms. The number of anilines is 1. The molecule has 1 unspecified atom stereocenters. The number of rotatable bonds is 7. The van der Waals surface area contributed by atoms with Crippen molar-refractivity contribution in [3.8, 4) is 0 Å². The highest BCUT2D eigenvalue weighted by Gasteiger charge is 2.17. The summed E-state index contributed by atoms with van der Waals surface area (Å²) in [6.45, 7) is 5.74. The van der Waals surface area contributed by atoms with Crippen LogP contribution in [0.25, 0.3) is 0 Å². The summed E-state index contributed by atoms with van der Waals surface area (Å²) < 4.78 is 0. The van der Waals surface area contributed by atoms with E-state index in [2.05, 4.69) is 16.0 Å². The number of amides is 1. The number of nitrogens with one attached hydrogen (secondary N) is 3.